The lowest BCUT2D eigenvalue weighted by molar-refractivity contribution is -0.148. The number of aliphatic hydroxyl groups is 1. The Labute approximate surface area is 244 Å². The Hall–Kier alpha value is -1.63. The van der Waals surface area contributed by atoms with Gasteiger partial charge >= 0.3 is 0 Å². The zero-order valence-corrected chi connectivity index (χ0v) is 28.4. The molecular formula is C34H56O5Si. The Kier molecular flexibility index (Phi) is 9.51. The highest BCUT2D eigenvalue weighted by atomic mass is 28.4. The third kappa shape index (κ3) is 5.83. The van der Waals surface area contributed by atoms with Crippen molar-refractivity contribution in [2.45, 2.75) is 131 Å². The second-order valence-electron chi connectivity index (χ2n) is 14.9. The first kappa shape index (κ1) is 32.9. The van der Waals surface area contributed by atoms with Crippen molar-refractivity contribution in [3.63, 3.8) is 0 Å². The summed E-state index contributed by atoms with van der Waals surface area (Å²) in [5.74, 6) is 0.658. The molecule has 0 radical (unpaired) electrons. The number of fused-ring (bicyclic) bond motifs is 1. The number of hydrogen-bond acceptors (Lipinski definition) is 5. The molecule has 2 aliphatic rings. The SMILES string of the molecule is C=C1CC[C@H]2[C@](C)(CCC=C(C)C)[C@@H](O[Si](C)(C)C(C)(C)C)CC[C@]2(C)[C@@H]1[C@H](O)c1c(OC)oc(C)c(C)c1=O. The Morgan fingerprint density at radius 3 is 2.40 bits per heavy atom. The van der Waals surface area contributed by atoms with Crippen molar-refractivity contribution in [3.8, 4) is 5.95 Å². The maximum Gasteiger partial charge on any atom is 0.294 e. The van der Waals surface area contributed by atoms with Crippen LogP contribution in [-0.4, -0.2) is 26.6 Å². The van der Waals surface area contributed by atoms with E-state index in [0.29, 0.717) is 17.2 Å². The van der Waals surface area contributed by atoms with Crippen LogP contribution in [0.15, 0.2) is 33.0 Å². The number of methoxy groups -OCH3 is 1. The Morgan fingerprint density at radius 2 is 1.85 bits per heavy atom. The summed E-state index contributed by atoms with van der Waals surface area (Å²) in [6, 6.07) is 0. The maximum absolute atomic E-state index is 13.5. The Bertz CT molecular complexity index is 1180. The molecule has 1 N–H and O–H groups in total. The second-order valence-corrected chi connectivity index (χ2v) is 19.7. The number of hydrogen-bond donors (Lipinski definition) is 1. The molecule has 0 unspecified atom stereocenters. The molecule has 0 saturated heterocycles. The molecular weight excluding hydrogens is 516 g/mol. The molecule has 0 spiro atoms. The minimum Gasteiger partial charge on any atom is -0.468 e. The van der Waals surface area contributed by atoms with E-state index >= 15 is 0 Å². The van der Waals surface area contributed by atoms with Gasteiger partial charge in [0.15, 0.2) is 13.7 Å². The molecule has 2 saturated carbocycles. The highest BCUT2D eigenvalue weighted by Gasteiger charge is 2.60. The molecule has 1 aromatic rings. The first-order chi connectivity index (χ1) is 18.3. The average Bonchev–Trinajstić information content (AvgIpc) is 2.82. The summed E-state index contributed by atoms with van der Waals surface area (Å²) < 4.78 is 18.6. The van der Waals surface area contributed by atoms with Crippen LogP contribution in [0.5, 0.6) is 5.95 Å². The van der Waals surface area contributed by atoms with E-state index in [4.69, 9.17) is 13.6 Å². The third-order valence-electron chi connectivity index (χ3n) is 11.0. The van der Waals surface area contributed by atoms with E-state index in [0.717, 1.165) is 44.1 Å². The summed E-state index contributed by atoms with van der Waals surface area (Å²) in [6.45, 7) is 28.7. The summed E-state index contributed by atoms with van der Waals surface area (Å²) in [4.78, 5) is 13.5. The molecule has 2 aliphatic carbocycles. The first-order valence-electron chi connectivity index (χ1n) is 15.2. The Balaban J connectivity index is 2.12. The summed E-state index contributed by atoms with van der Waals surface area (Å²) >= 11 is 0. The molecule has 226 valence electrons. The third-order valence-corrected chi connectivity index (χ3v) is 15.5. The molecule has 6 atom stereocenters. The molecule has 5 nitrogen and oxygen atoms in total. The molecule has 0 bridgehead atoms. The molecule has 0 aliphatic heterocycles. The standard InChI is InChI=1S/C34H56O5Si/c1-21(2)15-14-19-33(9)25-17-16-22(3)28(30(36)27-29(35)23(4)24(5)38-31(27)37-11)34(25,10)20-18-26(33)39-40(12,13)32(6,7)8/h15,25-26,28,30,36H,3,14,16-20H2,1-2,4-13H3/t25-,26-,28-,30+,33-,34-/m0/s1. The van der Waals surface area contributed by atoms with E-state index in [9.17, 15) is 9.90 Å². The van der Waals surface area contributed by atoms with Gasteiger partial charge in [0, 0.05) is 11.5 Å². The Morgan fingerprint density at radius 1 is 1.23 bits per heavy atom. The van der Waals surface area contributed by atoms with Crippen LogP contribution < -0.4 is 10.2 Å². The van der Waals surface area contributed by atoms with Gasteiger partial charge in [0.25, 0.3) is 5.95 Å². The molecule has 1 heterocycles. The molecule has 0 aromatic carbocycles. The van der Waals surface area contributed by atoms with Crippen molar-refractivity contribution in [2.75, 3.05) is 7.11 Å². The van der Waals surface area contributed by atoms with Gasteiger partial charge in [0.05, 0.1) is 19.3 Å². The monoisotopic (exact) mass is 572 g/mol. The van der Waals surface area contributed by atoms with Gasteiger partial charge in [-0.1, -0.05) is 58.4 Å². The van der Waals surface area contributed by atoms with Gasteiger partial charge in [0.1, 0.15) is 11.3 Å². The molecule has 0 amide bonds. The highest BCUT2D eigenvalue weighted by Crippen LogP contribution is 2.65. The number of allylic oxidation sites excluding steroid dienone is 2. The van der Waals surface area contributed by atoms with Crippen LogP contribution in [0.1, 0.15) is 110 Å². The van der Waals surface area contributed by atoms with E-state index in [-0.39, 0.29) is 44.8 Å². The van der Waals surface area contributed by atoms with Crippen molar-refractivity contribution in [1.29, 1.82) is 0 Å². The van der Waals surface area contributed by atoms with Crippen LogP contribution in [0.25, 0.3) is 0 Å². The van der Waals surface area contributed by atoms with Gasteiger partial charge < -0.3 is 18.7 Å². The number of ether oxygens (including phenoxy) is 1. The van der Waals surface area contributed by atoms with Crippen LogP contribution in [0.4, 0.5) is 0 Å². The van der Waals surface area contributed by atoms with Crippen LogP contribution in [0.3, 0.4) is 0 Å². The minimum absolute atomic E-state index is 0.0783. The summed E-state index contributed by atoms with van der Waals surface area (Å²) in [5.41, 5.74) is 2.56. The predicted octanol–water partition coefficient (Wildman–Crippen LogP) is 8.82. The zero-order chi connectivity index (χ0) is 30.4. The van der Waals surface area contributed by atoms with Gasteiger partial charge in [-0.15, -0.1) is 0 Å². The smallest absolute Gasteiger partial charge is 0.294 e. The minimum atomic E-state index is -2.01. The highest BCUT2D eigenvalue weighted by molar-refractivity contribution is 6.74. The maximum atomic E-state index is 13.5. The largest absolute Gasteiger partial charge is 0.468 e. The fourth-order valence-electron chi connectivity index (χ4n) is 7.52. The van der Waals surface area contributed by atoms with Crippen molar-refractivity contribution in [2.24, 2.45) is 22.7 Å². The van der Waals surface area contributed by atoms with Gasteiger partial charge in [0.2, 0.25) is 0 Å². The molecule has 3 rings (SSSR count). The fraction of sp³-hybridized carbons (Fsp3) is 0.735. The van der Waals surface area contributed by atoms with Crippen molar-refractivity contribution >= 4 is 8.32 Å². The predicted molar refractivity (Wildman–Crippen MR) is 168 cm³/mol. The van der Waals surface area contributed by atoms with Crippen LogP contribution in [0, 0.1) is 36.5 Å². The van der Waals surface area contributed by atoms with Gasteiger partial charge in [-0.3, -0.25) is 4.79 Å². The van der Waals surface area contributed by atoms with Crippen molar-refractivity contribution in [1.82, 2.24) is 0 Å². The number of aryl methyl sites for hydroxylation is 1. The second kappa shape index (κ2) is 11.6. The zero-order valence-electron chi connectivity index (χ0n) is 27.4. The lowest BCUT2D eigenvalue weighted by Gasteiger charge is -2.63. The summed E-state index contributed by atoms with van der Waals surface area (Å²) in [6.07, 6.45) is 7.17. The van der Waals surface area contributed by atoms with Gasteiger partial charge in [-0.25, -0.2) is 0 Å². The normalized spacial score (nSPS) is 30.0. The summed E-state index contributed by atoms with van der Waals surface area (Å²) in [5, 5.41) is 12.2. The fourth-order valence-corrected chi connectivity index (χ4v) is 8.97. The van der Waals surface area contributed by atoms with E-state index in [1.54, 1.807) is 13.8 Å². The molecule has 6 heteroatoms. The van der Waals surface area contributed by atoms with E-state index < -0.39 is 14.4 Å². The topological polar surface area (TPSA) is 68.9 Å². The molecule has 2 fully saturated rings. The van der Waals surface area contributed by atoms with Crippen molar-refractivity contribution in [3.05, 3.63) is 50.9 Å². The summed E-state index contributed by atoms with van der Waals surface area (Å²) in [7, 11) is -0.519. The first-order valence-corrected chi connectivity index (χ1v) is 18.1. The molecule has 40 heavy (non-hydrogen) atoms. The average molecular weight is 573 g/mol. The van der Waals surface area contributed by atoms with E-state index in [1.165, 1.54) is 12.7 Å². The van der Waals surface area contributed by atoms with E-state index in [2.05, 4.69) is 74.2 Å². The van der Waals surface area contributed by atoms with E-state index in [1.807, 2.05) is 0 Å². The van der Waals surface area contributed by atoms with Gasteiger partial charge in [-0.05, 0) is 101 Å². The van der Waals surface area contributed by atoms with Crippen molar-refractivity contribution < 1.29 is 18.7 Å². The van der Waals surface area contributed by atoms with Crippen LogP contribution in [-0.2, 0) is 4.43 Å². The molecule has 1 aromatic heterocycles. The van der Waals surface area contributed by atoms with Gasteiger partial charge in [-0.2, -0.15) is 0 Å². The lowest BCUT2D eigenvalue weighted by Crippen LogP contribution is -2.60. The quantitative estimate of drug-likeness (QED) is 0.249. The number of rotatable bonds is 8. The number of aliphatic hydroxyl groups excluding tert-OH is 1. The van der Waals surface area contributed by atoms with Crippen LogP contribution in [0.2, 0.25) is 18.1 Å². The lowest BCUT2D eigenvalue weighted by atomic mass is 9.44. The van der Waals surface area contributed by atoms with Crippen LogP contribution >= 0.6 is 0 Å².